The molecule has 3 rings (SSSR count). The van der Waals surface area contributed by atoms with E-state index in [9.17, 15) is 18.4 Å². The molecule has 1 saturated heterocycles. The second-order valence-electron chi connectivity index (χ2n) is 7.81. The Bertz CT molecular complexity index is 1110. The number of likely N-dealkylation sites (tertiary alicyclic amines) is 1. The van der Waals surface area contributed by atoms with Gasteiger partial charge in [0.05, 0.1) is 4.90 Å². The van der Waals surface area contributed by atoms with Gasteiger partial charge in [0.1, 0.15) is 12.4 Å². The lowest BCUT2D eigenvalue weighted by Gasteiger charge is -2.39. The lowest BCUT2D eigenvalue weighted by molar-refractivity contribution is -0.133. The maximum Gasteiger partial charge on any atom is 0.265 e. The molecule has 0 saturated carbocycles. The lowest BCUT2D eigenvalue weighted by atomic mass is 9.94. The van der Waals surface area contributed by atoms with Gasteiger partial charge in [0.2, 0.25) is 0 Å². The first-order valence-electron chi connectivity index (χ1n) is 10.7. The number of benzene rings is 2. The standard InChI is InChI=1S/C24H27BrN2O5S/c1-2-3-4-17-32-21-9-11-22(12-10-21)33(30,31)24(23(28)26-29)13-15-27(16-14-24)18-19-5-7-20(25)8-6-19/h5-12,29H,2,13-18H2,1H3,(H,26,28). The molecule has 33 heavy (non-hydrogen) atoms. The summed E-state index contributed by atoms with van der Waals surface area (Å²) in [7, 11) is -4.07. The molecule has 0 spiro atoms. The average Bonchev–Trinajstić information content (AvgIpc) is 2.83. The molecule has 1 fully saturated rings. The maximum atomic E-state index is 13.6. The summed E-state index contributed by atoms with van der Waals surface area (Å²) in [5, 5.41) is 9.36. The number of halogens is 1. The van der Waals surface area contributed by atoms with Crippen molar-refractivity contribution in [2.24, 2.45) is 0 Å². The van der Waals surface area contributed by atoms with Gasteiger partial charge in [0.15, 0.2) is 14.6 Å². The van der Waals surface area contributed by atoms with Crippen LogP contribution in [0.25, 0.3) is 0 Å². The van der Waals surface area contributed by atoms with Crippen LogP contribution in [-0.4, -0.2) is 48.9 Å². The minimum absolute atomic E-state index is 0.0134. The molecule has 7 nitrogen and oxygen atoms in total. The molecule has 0 aromatic heterocycles. The topological polar surface area (TPSA) is 95.9 Å². The van der Waals surface area contributed by atoms with Crippen molar-refractivity contribution >= 4 is 31.7 Å². The first-order valence-corrected chi connectivity index (χ1v) is 12.9. The fourth-order valence-electron chi connectivity index (χ4n) is 3.88. The Balaban J connectivity index is 1.76. The van der Waals surface area contributed by atoms with Crippen LogP contribution in [0.4, 0.5) is 0 Å². The Kier molecular flexibility index (Phi) is 8.54. The van der Waals surface area contributed by atoms with E-state index in [0.717, 1.165) is 16.5 Å². The van der Waals surface area contributed by atoms with E-state index in [-0.39, 0.29) is 24.3 Å². The predicted molar refractivity (Wildman–Crippen MR) is 129 cm³/mol. The molecule has 9 heteroatoms. The monoisotopic (exact) mass is 534 g/mol. The highest BCUT2D eigenvalue weighted by Crippen LogP contribution is 2.37. The summed E-state index contributed by atoms with van der Waals surface area (Å²) >= 11 is 3.41. The number of nitrogens with zero attached hydrogens (tertiary/aromatic N) is 1. The number of amides is 1. The van der Waals surface area contributed by atoms with Gasteiger partial charge in [-0.05, 0) is 54.8 Å². The number of ether oxygens (including phenoxy) is 1. The van der Waals surface area contributed by atoms with E-state index < -0.39 is 20.5 Å². The van der Waals surface area contributed by atoms with Gasteiger partial charge in [-0.25, -0.2) is 13.9 Å². The van der Waals surface area contributed by atoms with Gasteiger partial charge >= 0.3 is 0 Å². The zero-order chi connectivity index (χ0) is 23.9. The third-order valence-corrected chi connectivity index (χ3v) is 8.80. The van der Waals surface area contributed by atoms with Gasteiger partial charge in [-0.3, -0.25) is 14.9 Å². The number of carbonyl (C=O) groups is 1. The summed E-state index contributed by atoms with van der Waals surface area (Å²) in [5.41, 5.74) is 2.69. The van der Waals surface area contributed by atoms with Gasteiger partial charge in [-0.1, -0.05) is 40.9 Å². The van der Waals surface area contributed by atoms with Crippen molar-refractivity contribution in [3.8, 4) is 17.6 Å². The molecule has 0 bridgehead atoms. The highest BCUT2D eigenvalue weighted by Gasteiger charge is 2.52. The van der Waals surface area contributed by atoms with Crippen LogP contribution < -0.4 is 10.2 Å². The average molecular weight is 535 g/mol. The van der Waals surface area contributed by atoms with Gasteiger partial charge in [0, 0.05) is 30.5 Å². The van der Waals surface area contributed by atoms with Crippen molar-refractivity contribution in [3.63, 3.8) is 0 Å². The van der Waals surface area contributed by atoms with E-state index in [4.69, 9.17) is 4.74 Å². The Morgan fingerprint density at radius 3 is 2.33 bits per heavy atom. The van der Waals surface area contributed by atoms with E-state index in [0.29, 0.717) is 25.4 Å². The number of piperidine rings is 1. The van der Waals surface area contributed by atoms with Crippen LogP contribution in [0.2, 0.25) is 0 Å². The fraction of sp³-hybridized carbons (Fsp3) is 0.375. The minimum atomic E-state index is -4.07. The zero-order valence-electron chi connectivity index (χ0n) is 18.4. The fourth-order valence-corrected chi connectivity index (χ4v) is 6.10. The molecule has 0 atom stereocenters. The molecular formula is C24H27BrN2O5S. The second-order valence-corrected chi connectivity index (χ2v) is 11.0. The van der Waals surface area contributed by atoms with Crippen molar-refractivity contribution in [2.75, 3.05) is 19.7 Å². The summed E-state index contributed by atoms with van der Waals surface area (Å²) in [6, 6.07) is 13.9. The Morgan fingerprint density at radius 1 is 1.12 bits per heavy atom. The van der Waals surface area contributed by atoms with Crippen LogP contribution in [-0.2, 0) is 21.2 Å². The second kappa shape index (κ2) is 11.2. The SMILES string of the molecule is CCC#CCOc1ccc(S(=O)(=O)C2(C(=O)NO)CCN(Cc3ccc(Br)cc3)CC2)cc1. The maximum absolute atomic E-state index is 13.6. The van der Waals surface area contributed by atoms with Crippen LogP contribution in [0.1, 0.15) is 31.7 Å². The van der Waals surface area contributed by atoms with Crippen LogP contribution >= 0.6 is 15.9 Å². The Morgan fingerprint density at radius 2 is 1.76 bits per heavy atom. The number of sulfone groups is 1. The quantitative estimate of drug-likeness (QED) is 0.320. The van der Waals surface area contributed by atoms with Crippen molar-refractivity contribution in [3.05, 3.63) is 58.6 Å². The smallest absolute Gasteiger partial charge is 0.265 e. The minimum Gasteiger partial charge on any atom is -0.481 e. The van der Waals surface area contributed by atoms with Gasteiger partial charge < -0.3 is 4.74 Å². The number of rotatable bonds is 7. The molecule has 0 unspecified atom stereocenters. The van der Waals surface area contributed by atoms with Crippen molar-refractivity contribution < 1.29 is 23.2 Å². The molecule has 0 radical (unpaired) electrons. The third kappa shape index (κ3) is 5.76. The van der Waals surface area contributed by atoms with Crippen molar-refractivity contribution in [1.82, 2.24) is 10.4 Å². The van der Waals surface area contributed by atoms with E-state index in [2.05, 4.69) is 32.7 Å². The number of carbonyl (C=O) groups excluding carboxylic acids is 1. The zero-order valence-corrected chi connectivity index (χ0v) is 20.8. The van der Waals surface area contributed by atoms with E-state index in [1.807, 2.05) is 31.2 Å². The Labute approximate surface area is 203 Å². The van der Waals surface area contributed by atoms with Gasteiger partial charge in [0.25, 0.3) is 5.91 Å². The summed E-state index contributed by atoms with van der Waals surface area (Å²) in [4.78, 5) is 14.8. The molecule has 2 aromatic carbocycles. The van der Waals surface area contributed by atoms with Crippen LogP contribution in [0.15, 0.2) is 57.9 Å². The highest BCUT2D eigenvalue weighted by molar-refractivity contribution is 9.10. The molecule has 2 aromatic rings. The molecule has 1 amide bonds. The first kappa shape index (κ1) is 25.2. The summed E-state index contributed by atoms with van der Waals surface area (Å²) in [6.45, 7) is 3.61. The van der Waals surface area contributed by atoms with E-state index in [1.165, 1.54) is 12.1 Å². The van der Waals surface area contributed by atoms with Crippen LogP contribution in [0.5, 0.6) is 5.75 Å². The normalized spacial score (nSPS) is 15.8. The van der Waals surface area contributed by atoms with Gasteiger partial charge in [-0.15, -0.1) is 5.92 Å². The van der Waals surface area contributed by atoms with E-state index in [1.54, 1.807) is 17.6 Å². The molecular weight excluding hydrogens is 508 g/mol. The number of hydrogen-bond donors (Lipinski definition) is 2. The van der Waals surface area contributed by atoms with Crippen LogP contribution in [0.3, 0.4) is 0 Å². The number of hydroxylamine groups is 1. The summed E-state index contributed by atoms with van der Waals surface area (Å²) in [6.07, 6.45) is 0.877. The van der Waals surface area contributed by atoms with Crippen LogP contribution in [0, 0.1) is 11.8 Å². The molecule has 1 aliphatic rings. The first-order chi connectivity index (χ1) is 15.8. The summed E-state index contributed by atoms with van der Waals surface area (Å²) < 4.78 is 31.9. The lowest BCUT2D eigenvalue weighted by Crippen LogP contribution is -2.57. The molecule has 2 N–H and O–H groups in total. The largest absolute Gasteiger partial charge is 0.481 e. The van der Waals surface area contributed by atoms with E-state index >= 15 is 0 Å². The summed E-state index contributed by atoms with van der Waals surface area (Å²) in [5.74, 6) is 5.34. The highest BCUT2D eigenvalue weighted by atomic mass is 79.9. The molecule has 0 aliphatic carbocycles. The molecule has 1 aliphatic heterocycles. The van der Waals surface area contributed by atoms with Gasteiger partial charge in [-0.2, -0.15) is 0 Å². The Hall–Kier alpha value is -2.38. The third-order valence-electron chi connectivity index (χ3n) is 5.76. The number of hydrogen-bond acceptors (Lipinski definition) is 6. The van der Waals surface area contributed by atoms with Crippen molar-refractivity contribution in [2.45, 2.75) is 42.4 Å². The number of nitrogens with one attached hydrogen (secondary N) is 1. The predicted octanol–water partition coefficient (Wildman–Crippen LogP) is 3.56. The van der Waals surface area contributed by atoms with Crippen molar-refractivity contribution in [1.29, 1.82) is 0 Å². The molecule has 176 valence electrons. The molecule has 1 heterocycles.